The summed E-state index contributed by atoms with van der Waals surface area (Å²) in [6.45, 7) is 6.71. The van der Waals surface area contributed by atoms with Crippen molar-refractivity contribution in [3.63, 3.8) is 0 Å². The van der Waals surface area contributed by atoms with E-state index in [1.54, 1.807) is 4.90 Å². The average molecular weight is 438 g/mol. The van der Waals surface area contributed by atoms with E-state index in [9.17, 15) is 4.79 Å². The Bertz CT molecular complexity index is 1070. The number of nitrogens with two attached hydrogens (primary N) is 1. The number of anilines is 1. The van der Waals surface area contributed by atoms with Gasteiger partial charge in [-0.25, -0.2) is 9.78 Å². The minimum Gasteiger partial charge on any atom is -0.444 e. The van der Waals surface area contributed by atoms with Crippen LogP contribution in [-0.4, -0.2) is 54.8 Å². The molecule has 1 aliphatic heterocycles. The van der Waals surface area contributed by atoms with Crippen molar-refractivity contribution >= 4 is 12.0 Å². The molecule has 168 valence electrons. The van der Waals surface area contributed by atoms with Crippen molar-refractivity contribution in [2.75, 3.05) is 18.8 Å². The average Bonchev–Trinajstić information content (AvgIpc) is 3.23. The van der Waals surface area contributed by atoms with E-state index in [0.29, 0.717) is 44.1 Å². The number of nitrogen functional groups attached to an aromatic ring is 1. The molecule has 0 atom stereocenters. The standard InChI is InChI=1S/C22H27N7O3/c1-22(2,3)31-21(30)29-11-9-15(10-12-29)19-26-18(28-32-19)17-24-16(25-20(23)27-17)13-14-7-5-4-6-8-14/h4-8,15H,9-13H2,1-3H3,(H2,23,24,25,27). The molecule has 0 spiro atoms. The molecule has 3 heterocycles. The summed E-state index contributed by atoms with van der Waals surface area (Å²) in [6.07, 6.45) is 1.64. The molecule has 0 saturated carbocycles. The van der Waals surface area contributed by atoms with Crippen molar-refractivity contribution in [2.45, 2.75) is 51.6 Å². The van der Waals surface area contributed by atoms with E-state index >= 15 is 0 Å². The molecule has 1 aliphatic rings. The van der Waals surface area contributed by atoms with Gasteiger partial charge in [0.2, 0.25) is 23.5 Å². The lowest BCUT2D eigenvalue weighted by Gasteiger charge is -2.32. The van der Waals surface area contributed by atoms with E-state index in [1.165, 1.54) is 0 Å². The summed E-state index contributed by atoms with van der Waals surface area (Å²) in [6, 6.07) is 9.86. The van der Waals surface area contributed by atoms with Crippen LogP contribution in [0.3, 0.4) is 0 Å². The van der Waals surface area contributed by atoms with Crippen molar-refractivity contribution in [1.82, 2.24) is 30.0 Å². The SMILES string of the molecule is CC(C)(C)OC(=O)N1CCC(c2nc(-c3nc(N)nc(Cc4ccccc4)n3)no2)CC1. The van der Waals surface area contributed by atoms with Crippen LogP contribution in [0.1, 0.15) is 56.8 Å². The van der Waals surface area contributed by atoms with Gasteiger partial charge in [0.25, 0.3) is 0 Å². The molecule has 2 aromatic heterocycles. The second-order valence-electron chi connectivity index (χ2n) is 8.79. The number of piperidine rings is 1. The molecule has 32 heavy (non-hydrogen) atoms. The van der Waals surface area contributed by atoms with E-state index in [-0.39, 0.29) is 29.6 Å². The first-order chi connectivity index (χ1) is 15.3. The minimum atomic E-state index is -0.513. The zero-order valence-electron chi connectivity index (χ0n) is 18.5. The van der Waals surface area contributed by atoms with Gasteiger partial charge in [-0.1, -0.05) is 35.5 Å². The van der Waals surface area contributed by atoms with Gasteiger partial charge in [0.05, 0.1) is 0 Å². The molecule has 2 N–H and O–H groups in total. The summed E-state index contributed by atoms with van der Waals surface area (Å²) in [5, 5.41) is 4.05. The highest BCUT2D eigenvalue weighted by Gasteiger charge is 2.30. The Kier molecular flexibility index (Phi) is 6.02. The third-order valence-electron chi connectivity index (χ3n) is 5.04. The Morgan fingerprint density at radius 1 is 1.09 bits per heavy atom. The normalized spacial score (nSPS) is 15.0. The minimum absolute atomic E-state index is 0.0536. The van der Waals surface area contributed by atoms with Crippen molar-refractivity contribution in [1.29, 1.82) is 0 Å². The highest BCUT2D eigenvalue weighted by molar-refractivity contribution is 5.68. The van der Waals surface area contributed by atoms with E-state index in [4.69, 9.17) is 15.0 Å². The van der Waals surface area contributed by atoms with E-state index < -0.39 is 5.60 Å². The molecule has 0 radical (unpaired) electrons. The van der Waals surface area contributed by atoms with Gasteiger partial charge in [0.1, 0.15) is 11.4 Å². The number of likely N-dealkylation sites (tertiary alicyclic amines) is 1. The lowest BCUT2D eigenvalue weighted by atomic mass is 9.97. The molecule has 0 bridgehead atoms. The molecule has 10 nitrogen and oxygen atoms in total. The number of carbonyl (C=O) groups is 1. The van der Waals surface area contributed by atoms with Gasteiger partial charge in [-0.2, -0.15) is 15.0 Å². The number of rotatable bonds is 4. The molecule has 1 aromatic carbocycles. The van der Waals surface area contributed by atoms with Crippen LogP contribution in [-0.2, 0) is 11.2 Å². The topological polar surface area (TPSA) is 133 Å². The van der Waals surface area contributed by atoms with Crippen molar-refractivity contribution in [3.05, 3.63) is 47.6 Å². The summed E-state index contributed by atoms with van der Waals surface area (Å²) in [5.74, 6) is 1.77. The van der Waals surface area contributed by atoms with E-state index in [1.807, 2.05) is 51.1 Å². The summed E-state index contributed by atoms with van der Waals surface area (Å²) in [5.41, 5.74) is 6.44. The number of amides is 1. The Balaban J connectivity index is 1.43. The van der Waals surface area contributed by atoms with Crippen molar-refractivity contribution in [2.24, 2.45) is 0 Å². The van der Waals surface area contributed by atoms with Crippen LogP contribution in [0.4, 0.5) is 10.7 Å². The third kappa shape index (κ3) is 5.37. The highest BCUT2D eigenvalue weighted by Crippen LogP contribution is 2.28. The lowest BCUT2D eigenvalue weighted by molar-refractivity contribution is 0.0198. The summed E-state index contributed by atoms with van der Waals surface area (Å²) < 4.78 is 10.9. The Morgan fingerprint density at radius 3 is 2.50 bits per heavy atom. The van der Waals surface area contributed by atoms with Gasteiger partial charge in [0, 0.05) is 25.4 Å². The summed E-state index contributed by atoms with van der Waals surface area (Å²) in [7, 11) is 0. The molecule has 1 amide bonds. The number of benzene rings is 1. The summed E-state index contributed by atoms with van der Waals surface area (Å²) >= 11 is 0. The predicted molar refractivity (Wildman–Crippen MR) is 117 cm³/mol. The van der Waals surface area contributed by atoms with Gasteiger partial charge in [-0.3, -0.25) is 0 Å². The maximum Gasteiger partial charge on any atom is 0.410 e. The maximum absolute atomic E-state index is 12.3. The van der Waals surface area contributed by atoms with Crippen LogP contribution in [0.25, 0.3) is 11.6 Å². The first-order valence-corrected chi connectivity index (χ1v) is 10.6. The van der Waals surface area contributed by atoms with Gasteiger partial charge in [0.15, 0.2) is 0 Å². The predicted octanol–water partition coefficient (Wildman–Crippen LogP) is 3.21. The first-order valence-electron chi connectivity index (χ1n) is 10.6. The Morgan fingerprint density at radius 2 is 1.81 bits per heavy atom. The van der Waals surface area contributed by atoms with Gasteiger partial charge in [-0.15, -0.1) is 0 Å². The number of ether oxygens (including phenoxy) is 1. The quantitative estimate of drug-likeness (QED) is 0.653. The van der Waals surface area contributed by atoms with Crippen molar-refractivity contribution in [3.8, 4) is 11.6 Å². The maximum atomic E-state index is 12.3. The molecule has 10 heteroatoms. The van der Waals surface area contributed by atoms with Crippen LogP contribution >= 0.6 is 0 Å². The smallest absolute Gasteiger partial charge is 0.410 e. The van der Waals surface area contributed by atoms with Crippen LogP contribution in [0.15, 0.2) is 34.9 Å². The molecular formula is C22H27N7O3. The van der Waals surface area contributed by atoms with Crippen LogP contribution in [0.2, 0.25) is 0 Å². The molecule has 3 aromatic rings. The Labute approximate surface area is 186 Å². The molecule has 4 rings (SSSR count). The van der Waals surface area contributed by atoms with Gasteiger partial charge >= 0.3 is 6.09 Å². The van der Waals surface area contributed by atoms with Crippen LogP contribution in [0, 0.1) is 0 Å². The lowest BCUT2D eigenvalue weighted by Crippen LogP contribution is -2.41. The first kappa shape index (κ1) is 21.7. The zero-order valence-corrected chi connectivity index (χ0v) is 18.5. The van der Waals surface area contributed by atoms with Gasteiger partial charge < -0.3 is 19.9 Å². The second-order valence-corrected chi connectivity index (χ2v) is 8.79. The fraction of sp³-hybridized carbons (Fsp3) is 0.455. The molecule has 0 aliphatic carbocycles. The largest absolute Gasteiger partial charge is 0.444 e. The third-order valence-corrected chi connectivity index (χ3v) is 5.04. The highest BCUT2D eigenvalue weighted by atomic mass is 16.6. The van der Waals surface area contributed by atoms with Crippen LogP contribution in [0.5, 0.6) is 0 Å². The van der Waals surface area contributed by atoms with Crippen molar-refractivity contribution < 1.29 is 14.1 Å². The molecule has 0 unspecified atom stereocenters. The van der Waals surface area contributed by atoms with E-state index in [2.05, 4.69) is 25.1 Å². The molecular weight excluding hydrogens is 410 g/mol. The zero-order chi connectivity index (χ0) is 22.7. The van der Waals surface area contributed by atoms with Crippen LogP contribution < -0.4 is 5.73 Å². The molecule has 1 fully saturated rings. The van der Waals surface area contributed by atoms with E-state index in [0.717, 1.165) is 5.56 Å². The number of hydrogen-bond donors (Lipinski definition) is 1. The fourth-order valence-electron chi connectivity index (χ4n) is 3.52. The number of aromatic nitrogens is 5. The number of carbonyl (C=O) groups excluding carboxylic acids is 1. The number of nitrogens with zero attached hydrogens (tertiary/aromatic N) is 6. The second kappa shape index (κ2) is 8.89. The van der Waals surface area contributed by atoms with Gasteiger partial charge in [-0.05, 0) is 39.2 Å². The number of hydrogen-bond acceptors (Lipinski definition) is 9. The molecule has 1 saturated heterocycles. The monoisotopic (exact) mass is 437 g/mol. The summed E-state index contributed by atoms with van der Waals surface area (Å²) in [4.78, 5) is 31.3. The Hall–Kier alpha value is -3.56. The fourth-order valence-corrected chi connectivity index (χ4v) is 3.52.